The normalized spacial score (nSPS) is 41.7. The molecule has 4 aliphatic rings. The summed E-state index contributed by atoms with van der Waals surface area (Å²) in [5.74, 6) is 2.70. The van der Waals surface area contributed by atoms with Crippen LogP contribution in [0.1, 0.15) is 54.4 Å². The van der Waals surface area contributed by atoms with Crippen molar-refractivity contribution in [3.05, 3.63) is 35.4 Å². The lowest BCUT2D eigenvalue weighted by atomic mass is 9.62. The number of hydrogen-bond acceptors (Lipinski definition) is 3. The number of carbonyl (C=O) groups excluding carboxylic acids is 1. The Morgan fingerprint density at radius 2 is 1.85 bits per heavy atom. The van der Waals surface area contributed by atoms with Gasteiger partial charge in [0.2, 0.25) is 5.91 Å². The Morgan fingerprint density at radius 3 is 2.46 bits per heavy atom. The van der Waals surface area contributed by atoms with Crippen molar-refractivity contribution in [3.63, 3.8) is 0 Å². The Labute approximate surface area is 156 Å². The second-order valence-corrected chi connectivity index (χ2v) is 9.10. The molecule has 1 aromatic rings. The van der Waals surface area contributed by atoms with Crippen molar-refractivity contribution in [2.45, 2.75) is 50.2 Å². The van der Waals surface area contributed by atoms with Crippen molar-refractivity contribution in [2.24, 2.45) is 29.4 Å². The Bertz CT molecular complexity index is 694. The van der Waals surface area contributed by atoms with E-state index in [1.807, 2.05) is 25.3 Å². The molecule has 5 rings (SSSR count). The summed E-state index contributed by atoms with van der Waals surface area (Å²) in [5, 5.41) is 0. The SMILES string of the molecule is COC1(c2cccc(C(N)=O)c2)[C@@H]2CCC[C@H]1CN(C1CC3CC3C1)C2. The summed E-state index contributed by atoms with van der Waals surface area (Å²) >= 11 is 0. The van der Waals surface area contributed by atoms with Gasteiger partial charge in [-0.05, 0) is 61.6 Å². The van der Waals surface area contributed by atoms with Gasteiger partial charge >= 0.3 is 0 Å². The maximum absolute atomic E-state index is 11.7. The van der Waals surface area contributed by atoms with Gasteiger partial charge in [-0.2, -0.15) is 0 Å². The molecule has 1 saturated heterocycles. The van der Waals surface area contributed by atoms with E-state index in [4.69, 9.17) is 10.5 Å². The summed E-state index contributed by atoms with van der Waals surface area (Å²) in [7, 11) is 1.86. The molecule has 4 nitrogen and oxygen atoms in total. The monoisotopic (exact) mass is 354 g/mol. The van der Waals surface area contributed by atoms with E-state index in [0.717, 1.165) is 36.5 Å². The number of nitrogens with two attached hydrogens (primary N) is 1. The number of amides is 1. The third-order valence-electron chi connectivity index (χ3n) is 7.90. The summed E-state index contributed by atoms with van der Waals surface area (Å²) < 4.78 is 6.33. The van der Waals surface area contributed by atoms with E-state index in [1.54, 1.807) is 0 Å². The van der Waals surface area contributed by atoms with E-state index < -0.39 is 0 Å². The summed E-state index contributed by atoms with van der Waals surface area (Å²) in [6.07, 6.45) is 8.03. The topological polar surface area (TPSA) is 55.6 Å². The lowest BCUT2D eigenvalue weighted by Gasteiger charge is -2.56. The van der Waals surface area contributed by atoms with Gasteiger partial charge in [-0.3, -0.25) is 9.69 Å². The van der Waals surface area contributed by atoms with Gasteiger partial charge < -0.3 is 10.5 Å². The van der Waals surface area contributed by atoms with Gasteiger partial charge in [0.1, 0.15) is 5.60 Å². The fourth-order valence-corrected chi connectivity index (χ4v) is 6.58. The van der Waals surface area contributed by atoms with Crippen molar-refractivity contribution in [2.75, 3.05) is 20.2 Å². The molecule has 0 aromatic heterocycles. The van der Waals surface area contributed by atoms with E-state index in [0.29, 0.717) is 17.4 Å². The predicted molar refractivity (Wildman–Crippen MR) is 101 cm³/mol. The zero-order chi connectivity index (χ0) is 17.9. The van der Waals surface area contributed by atoms with Crippen molar-refractivity contribution >= 4 is 5.91 Å². The number of methoxy groups -OCH3 is 1. The number of hydrogen-bond donors (Lipinski definition) is 1. The molecule has 1 amide bonds. The molecule has 3 unspecified atom stereocenters. The zero-order valence-corrected chi connectivity index (χ0v) is 15.7. The Kier molecular flexibility index (Phi) is 3.91. The van der Waals surface area contributed by atoms with Crippen LogP contribution in [0.5, 0.6) is 0 Å². The molecular formula is C22H30N2O2. The summed E-state index contributed by atoms with van der Waals surface area (Å²) in [4.78, 5) is 14.5. The molecule has 3 saturated carbocycles. The largest absolute Gasteiger partial charge is 0.373 e. The summed E-state index contributed by atoms with van der Waals surface area (Å²) in [6.45, 7) is 2.27. The first-order valence-electron chi connectivity index (χ1n) is 10.3. The van der Waals surface area contributed by atoms with Crippen LogP contribution in [-0.2, 0) is 10.3 Å². The van der Waals surface area contributed by atoms with E-state index in [9.17, 15) is 4.79 Å². The van der Waals surface area contributed by atoms with E-state index in [2.05, 4.69) is 11.0 Å². The standard InChI is InChI=1S/C22H30N2O2/c1-26-22(17-5-2-4-14(9-17)21(23)25)18-6-3-7-19(22)13-24(12-18)20-10-15-8-16(15)11-20/h2,4-5,9,15-16,18-20H,3,6-8,10-13H2,1H3,(H2,23,25)/t15?,16?,18-,19+,20?,22?. The Morgan fingerprint density at radius 1 is 1.15 bits per heavy atom. The second kappa shape index (κ2) is 6.07. The van der Waals surface area contributed by atoms with Gasteiger partial charge in [0.05, 0.1) is 0 Å². The van der Waals surface area contributed by atoms with Crippen LogP contribution < -0.4 is 5.73 Å². The quantitative estimate of drug-likeness (QED) is 0.904. The van der Waals surface area contributed by atoms with Crippen LogP contribution in [0.2, 0.25) is 0 Å². The minimum absolute atomic E-state index is 0.262. The van der Waals surface area contributed by atoms with Gasteiger partial charge in [-0.1, -0.05) is 18.6 Å². The van der Waals surface area contributed by atoms with Crippen LogP contribution in [0.3, 0.4) is 0 Å². The number of nitrogens with zero attached hydrogens (tertiary/aromatic N) is 1. The first-order valence-corrected chi connectivity index (χ1v) is 10.3. The van der Waals surface area contributed by atoms with Crippen LogP contribution in [0, 0.1) is 23.7 Å². The second-order valence-electron chi connectivity index (χ2n) is 9.10. The summed E-state index contributed by atoms with van der Waals surface area (Å²) in [6, 6.07) is 8.70. The molecule has 5 atom stereocenters. The molecule has 2 N–H and O–H groups in total. The number of likely N-dealkylation sites (tertiary alicyclic amines) is 1. The number of fused-ring (bicyclic) bond motifs is 3. The minimum atomic E-state index is -0.356. The predicted octanol–water partition coefficient (Wildman–Crippen LogP) is 3.16. The van der Waals surface area contributed by atoms with Crippen LogP contribution in [0.25, 0.3) is 0 Å². The van der Waals surface area contributed by atoms with Crippen LogP contribution in [0.15, 0.2) is 24.3 Å². The van der Waals surface area contributed by atoms with E-state index in [1.165, 1.54) is 38.5 Å². The van der Waals surface area contributed by atoms with Crippen molar-refractivity contribution in [3.8, 4) is 0 Å². The van der Waals surface area contributed by atoms with Gasteiger partial charge in [-0.15, -0.1) is 0 Å². The fourth-order valence-electron chi connectivity index (χ4n) is 6.58. The molecule has 0 radical (unpaired) electrons. The summed E-state index contributed by atoms with van der Waals surface area (Å²) in [5.41, 5.74) is 7.03. The molecular weight excluding hydrogens is 324 g/mol. The first kappa shape index (κ1) is 16.8. The van der Waals surface area contributed by atoms with Gasteiger partial charge in [0.25, 0.3) is 0 Å². The molecule has 0 spiro atoms. The first-order chi connectivity index (χ1) is 12.6. The van der Waals surface area contributed by atoms with Gasteiger partial charge in [-0.25, -0.2) is 0 Å². The van der Waals surface area contributed by atoms with Crippen molar-refractivity contribution in [1.82, 2.24) is 4.90 Å². The highest BCUT2D eigenvalue weighted by molar-refractivity contribution is 5.92. The van der Waals surface area contributed by atoms with Crippen molar-refractivity contribution in [1.29, 1.82) is 0 Å². The lowest BCUT2D eigenvalue weighted by Crippen LogP contribution is -2.60. The van der Waals surface area contributed by atoms with Crippen LogP contribution in [-0.4, -0.2) is 37.0 Å². The molecule has 4 fully saturated rings. The van der Waals surface area contributed by atoms with Gasteiger partial charge in [0.15, 0.2) is 0 Å². The average molecular weight is 354 g/mol. The van der Waals surface area contributed by atoms with Gasteiger partial charge in [0, 0.05) is 43.6 Å². The van der Waals surface area contributed by atoms with Crippen molar-refractivity contribution < 1.29 is 9.53 Å². The highest BCUT2D eigenvalue weighted by atomic mass is 16.5. The number of piperidine rings is 1. The third kappa shape index (κ3) is 2.45. The zero-order valence-electron chi connectivity index (χ0n) is 15.7. The molecule has 1 heterocycles. The number of rotatable bonds is 4. The molecule has 1 aliphatic heterocycles. The molecule has 140 valence electrons. The van der Waals surface area contributed by atoms with E-state index in [-0.39, 0.29) is 11.5 Å². The maximum Gasteiger partial charge on any atom is 0.248 e. The number of ether oxygens (including phenoxy) is 1. The highest BCUT2D eigenvalue weighted by Crippen LogP contribution is 2.56. The minimum Gasteiger partial charge on any atom is -0.373 e. The molecule has 1 aromatic carbocycles. The number of primary amides is 1. The van der Waals surface area contributed by atoms with E-state index >= 15 is 0 Å². The number of carbonyl (C=O) groups is 1. The fraction of sp³-hybridized carbons (Fsp3) is 0.682. The Balaban J connectivity index is 1.46. The highest BCUT2D eigenvalue weighted by Gasteiger charge is 2.56. The smallest absolute Gasteiger partial charge is 0.248 e. The van der Waals surface area contributed by atoms with Crippen LogP contribution >= 0.6 is 0 Å². The third-order valence-corrected chi connectivity index (χ3v) is 7.90. The number of benzene rings is 1. The molecule has 4 heteroatoms. The molecule has 26 heavy (non-hydrogen) atoms. The Hall–Kier alpha value is -1.39. The molecule has 2 bridgehead atoms. The lowest BCUT2D eigenvalue weighted by molar-refractivity contribution is -0.174. The van der Waals surface area contributed by atoms with Crippen LogP contribution in [0.4, 0.5) is 0 Å². The molecule has 3 aliphatic carbocycles. The maximum atomic E-state index is 11.7. The average Bonchev–Trinajstić information content (AvgIpc) is 3.25.